The molecule has 2 aromatic rings. The van der Waals surface area contributed by atoms with E-state index in [1.807, 2.05) is 19.9 Å². The molecule has 2 N–H and O–H groups in total. The Morgan fingerprint density at radius 2 is 1.76 bits per heavy atom. The predicted octanol–water partition coefficient (Wildman–Crippen LogP) is 4.51. The van der Waals surface area contributed by atoms with Gasteiger partial charge in [-0.05, 0) is 68.8 Å². The number of ketones is 1. The summed E-state index contributed by atoms with van der Waals surface area (Å²) in [6.45, 7) is 3.90. The number of benzene rings is 2. The highest BCUT2D eigenvalue weighted by atomic mass is 16.5. The van der Waals surface area contributed by atoms with E-state index in [2.05, 4.69) is 0 Å². The van der Waals surface area contributed by atoms with Gasteiger partial charge in [-0.3, -0.25) is 4.79 Å². The quantitative estimate of drug-likeness (QED) is 0.462. The van der Waals surface area contributed by atoms with Crippen LogP contribution in [0.4, 0.5) is 0 Å². The fourth-order valence-corrected chi connectivity index (χ4v) is 2.30. The van der Waals surface area contributed by atoms with E-state index in [0.717, 1.165) is 5.57 Å². The molecule has 4 nitrogen and oxygen atoms in total. The first-order valence-electron chi connectivity index (χ1n) is 7.96. The maximum Gasteiger partial charge on any atom is 0.185 e. The number of phenols is 2. The molecule has 0 atom stereocenters. The molecule has 2 rings (SSSR count). The van der Waals surface area contributed by atoms with Crippen molar-refractivity contribution in [3.63, 3.8) is 0 Å². The van der Waals surface area contributed by atoms with Gasteiger partial charge >= 0.3 is 0 Å². The topological polar surface area (TPSA) is 66.8 Å². The number of ether oxygens (including phenoxy) is 1. The van der Waals surface area contributed by atoms with Crippen LogP contribution < -0.4 is 4.74 Å². The van der Waals surface area contributed by atoms with Crippen LogP contribution in [0.2, 0.25) is 0 Å². The van der Waals surface area contributed by atoms with Crippen LogP contribution in [0.5, 0.6) is 17.2 Å². The Morgan fingerprint density at radius 3 is 2.36 bits per heavy atom. The second-order valence-electron chi connectivity index (χ2n) is 5.91. The fourth-order valence-electron chi connectivity index (χ4n) is 2.30. The average Bonchev–Trinajstić information content (AvgIpc) is 2.60. The lowest BCUT2D eigenvalue weighted by Crippen LogP contribution is -1.94. The molecular weight excluding hydrogens is 316 g/mol. The third kappa shape index (κ3) is 4.73. The number of carbonyl (C=O) groups is 1. The van der Waals surface area contributed by atoms with E-state index in [0.29, 0.717) is 28.9 Å². The zero-order chi connectivity index (χ0) is 18.4. The van der Waals surface area contributed by atoms with Gasteiger partial charge in [0, 0.05) is 16.7 Å². The molecule has 0 radical (unpaired) electrons. The predicted molar refractivity (Wildman–Crippen MR) is 99.3 cm³/mol. The van der Waals surface area contributed by atoms with Crippen molar-refractivity contribution in [1.82, 2.24) is 0 Å². The van der Waals surface area contributed by atoms with Gasteiger partial charge in [-0.2, -0.15) is 0 Å². The van der Waals surface area contributed by atoms with Gasteiger partial charge in [0.25, 0.3) is 0 Å². The van der Waals surface area contributed by atoms with Crippen LogP contribution in [-0.4, -0.2) is 23.1 Å². The van der Waals surface area contributed by atoms with Crippen LogP contribution in [0.3, 0.4) is 0 Å². The summed E-state index contributed by atoms with van der Waals surface area (Å²) in [6, 6.07) is 9.90. The molecule has 0 amide bonds. The molecule has 0 aliphatic rings. The molecule has 0 spiro atoms. The maximum absolute atomic E-state index is 12.2. The molecule has 0 heterocycles. The Morgan fingerprint density at radius 1 is 1.08 bits per heavy atom. The first-order valence-corrected chi connectivity index (χ1v) is 7.96. The minimum Gasteiger partial charge on any atom is -0.508 e. The first kappa shape index (κ1) is 18.3. The number of hydrogen-bond donors (Lipinski definition) is 2. The molecular formula is C21H22O4. The SMILES string of the molecule is COc1ccc(C(=O)/C=C/c2ccc(O)c(CC=C(C)C)c2O)cc1. The van der Waals surface area contributed by atoms with Crippen LogP contribution in [0.1, 0.15) is 35.3 Å². The normalized spacial score (nSPS) is 10.7. The summed E-state index contributed by atoms with van der Waals surface area (Å²) in [5, 5.41) is 20.3. The van der Waals surface area contributed by atoms with Crippen molar-refractivity contribution in [3.05, 3.63) is 70.8 Å². The van der Waals surface area contributed by atoms with E-state index >= 15 is 0 Å². The van der Waals surface area contributed by atoms with Gasteiger partial charge in [-0.25, -0.2) is 0 Å². The molecule has 0 saturated carbocycles. The van der Waals surface area contributed by atoms with E-state index in [1.54, 1.807) is 43.5 Å². The molecule has 0 saturated heterocycles. The monoisotopic (exact) mass is 338 g/mol. The third-order valence-corrected chi connectivity index (χ3v) is 3.79. The highest BCUT2D eigenvalue weighted by Crippen LogP contribution is 2.32. The number of hydrogen-bond acceptors (Lipinski definition) is 4. The van der Waals surface area contributed by atoms with Gasteiger partial charge in [0.1, 0.15) is 17.2 Å². The molecule has 0 aliphatic heterocycles. The summed E-state index contributed by atoms with van der Waals surface area (Å²) in [7, 11) is 1.57. The molecule has 0 bridgehead atoms. The minimum absolute atomic E-state index is 0.0173. The minimum atomic E-state index is -0.180. The largest absolute Gasteiger partial charge is 0.508 e. The zero-order valence-electron chi connectivity index (χ0n) is 14.6. The number of phenolic OH excluding ortho intramolecular Hbond substituents is 2. The fraction of sp³-hybridized carbons (Fsp3) is 0.190. The van der Waals surface area contributed by atoms with Crippen LogP contribution in [0.25, 0.3) is 6.08 Å². The lowest BCUT2D eigenvalue weighted by Gasteiger charge is -2.08. The van der Waals surface area contributed by atoms with E-state index in [1.165, 1.54) is 12.1 Å². The Kier molecular flexibility index (Phi) is 6.01. The second-order valence-corrected chi connectivity index (χ2v) is 5.91. The number of carbonyl (C=O) groups excluding carboxylic acids is 1. The van der Waals surface area contributed by atoms with Crippen molar-refractivity contribution >= 4 is 11.9 Å². The zero-order valence-corrected chi connectivity index (χ0v) is 14.6. The van der Waals surface area contributed by atoms with Gasteiger partial charge in [-0.15, -0.1) is 0 Å². The summed E-state index contributed by atoms with van der Waals surface area (Å²) in [5.74, 6) is 0.520. The van der Waals surface area contributed by atoms with E-state index < -0.39 is 0 Å². The number of methoxy groups -OCH3 is 1. The number of rotatable bonds is 6. The Labute approximate surface area is 147 Å². The molecule has 25 heavy (non-hydrogen) atoms. The highest BCUT2D eigenvalue weighted by Gasteiger charge is 2.10. The first-order chi connectivity index (χ1) is 11.9. The maximum atomic E-state index is 12.2. The van der Waals surface area contributed by atoms with Crippen LogP contribution in [-0.2, 0) is 6.42 Å². The van der Waals surface area contributed by atoms with Crippen LogP contribution in [0, 0.1) is 0 Å². The lowest BCUT2D eigenvalue weighted by atomic mass is 10.0. The molecule has 2 aromatic carbocycles. The van der Waals surface area contributed by atoms with Gasteiger partial charge in [0.2, 0.25) is 0 Å². The van der Waals surface area contributed by atoms with Crippen molar-refractivity contribution in [1.29, 1.82) is 0 Å². The van der Waals surface area contributed by atoms with E-state index in [4.69, 9.17) is 4.74 Å². The summed E-state index contributed by atoms with van der Waals surface area (Å²) in [6.07, 6.45) is 5.30. The van der Waals surface area contributed by atoms with Gasteiger partial charge in [-0.1, -0.05) is 11.6 Å². The summed E-state index contributed by atoms with van der Waals surface area (Å²) >= 11 is 0. The van der Waals surface area contributed by atoms with Crippen molar-refractivity contribution in [2.45, 2.75) is 20.3 Å². The van der Waals surface area contributed by atoms with Gasteiger partial charge < -0.3 is 14.9 Å². The average molecular weight is 338 g/mol. The van der Waals surface area contributed by atoms with Crippen molar-refractivity contribution < 1.29 is 19.7 Å². The molecule has 130 valence electrons. The Hall–Kier alpha value is -3.01. The highest BCUT2D eigenvalue weighted by molar-refractivity contribution is 6.07. The standard InChI is InChI=1S/C21H22O4/c1-14(2)4-11-18-20(23)13-8-16(21(18)24)7-12-19(22)15-5-9-17(25-3)10-6-15/h4-10,12-13,23-24H,11H2,1-3H3/b12-7+. The van der Waals surface area contributed by atoms with Crippen LogP contribution >= 0.6 is 0 Å². The third-order valence-electron chi connectivity index (χ3n) is 3.79. The molecule has 0 aromatic heterocycles. The lowest BCUT2D eigenvalue weighted by molar-refractivity contribution is 0.104. The number of allylic oxidation sites excluding steroid dienone is 3. The molecule has 0 fully saturated rings. The Balaban J connectivity index is 2.23. The van der Waals surface area contributed by atoms with Crippen molar-refractivity contribution in [3.8, 4) is 17.2 Å². The van der Waals surface area contributed by atoms with Crippen molar-refractivity contribution in [2.24, 2.45) is 0 Å². The molecule has 4 heteroatoms. The van der Waals surface area contributed by atoms with Crippen molar-refractivity contribution in [2.75, 3.05) is 7.11 Å². The van der Waals surface area contributed by atoms with E-state index in [9.17, 15) is 15.0 Å². The smallest absolute Gasteiger partial charge is 0.185 e. The van der Waals surface area contributed by atoms with Gasteiger partial charge in [0.05, 0.1) is 7.11 Å². The van der Waals surface area contributed by atoms with Crippen LogP contribution in [0.15, 0.2) is 54.1 Å². The van der Waals surface area contributed by atoms with Gasteiger partial charge in [0.15, 0.2) is 5.78 Å². The second kappa shape index (κ2) is 8.20. The summed E-state index contributed by atoms with van der Waals surface area (Å²) in [4.78, 5) is 12.2. The molecule has 0 unspecified atom stereocenters. The molecule has 0 aliphatic carbocycles. The number of aromatic hydroxyl groups is 2. The summed E-state index contributed by atoms with van der Waals surface area (Å²) < 4.78 is 5.07. The summed E-state index contributed by atoms with van der Waals surface area (Å²) in [5.41, 5.74) is 2.55. The Bertz CT molecular complexity index is 811. The van der Waals surface area contributed by atoms with E-state index in [-0.39, 0.29) is 17.3 Å².